The number of aromatic amines is 1. The molecule has 0 bridgehead atoms. The third kappa shape index (κ3) is 3.74. The molecule has 2 amide bonds. The van der Waals surface area contributed by atoms with Crippen LogP contribution in [0.1, 0.15) is 36.0 Å². The van der Waals surface area contributed by atoms with E-state index in [9.17, 15) is 22.8 Å². The van der Waals surface area contributed by atoms with E-state index in [2.05, 4.69) is 15.6 Å². The van der Waals surface area contributed by atoms with Gasteiger partial charge in [0.2, 0.25) is 0 Å². The summed E-state index contributed by atoms with van der Waals surface area (Å²) in [6.45, 7) is 0.0284. The number of carbonyl (C=O) groups excluding carboxylic acids is 1. The topological polar surface area (TPSA) is 74.0 Å². The Morgan fingerprint density at radius 3 is 2.58 bits per heavy atom. The summed E-state index contributed by atoms with van der Waals surface area (Å²) in [5.41, 5.74) is -1.02. The van der Waals surface area contributed by atoms with E-state index in [1.54, 1.807) is 18.2 Å². The van der Waals surface area contributed by atoms with Gasteiger partial charge in [-0.3, -0.25) is 4.79 Å². The molecule has 0 unspecified atom stereocenters. The fourth-order valence-corrected chi connectivity index (χ4v) is 3.04. The van der Waals surface area contributed by atoms with Gasteiger partial charge in [0.1, 0.15) is 0 Å². The average molecular weight is 365 g/mol. The van der Waals surface area contributed by atoms with E-state index in [1.807, 2.05) is 0 Å². The van der Waals surface area contributed by atoms with Crippen molar-refractivity contribution in [2.45, 2.75) is 37.5 Å². The maximum atomic E-state index is 13.0. The summed E-state index contributed by atoms with van der Waals surface area (Å²) < 4.78 is 38.9. The molecule has 0 radical (unpaired) electrons. The van der Waals surface area contributed by atoms with Gasteiger partial charge in [-0.15, -0.1) is 0 Å². The SMILES string of the molecule is O=C(NCc1ccc[nH]c1=O)NC1(c2cccc(C(F)(F)F)c2)CCC1. The van der Waals surface area contributed by atoms with Gasteiger partial charge < -0.3 is 15.6 Å². The fourth-order valence-electron chi connectivity index (χ4n) is 3.04. The Bertz CT molecular complexity index is 857. The molecular weight excluding hydrogens is 347 g/mol. The number of nitrogens with one attached hydrogen (secondary N) is 3. The number of hydrogen-bond acceptors (Lipinski definition) is 2. The first-order valence-corrected chi connectivity index (χ1v) is 8.20. The lowest BCUT2D eigenvalue weighted by atomic mass is 9.71. The minimum atomic E-state index is -4.43. The molecule has 5 nitrogen and oxygen atoms in total. The number of hydrogen-bond donors (Lipinski definition) is 3. The number of pyridine rings is 1. The molecule has 0 spiro atoms. The van der Waals surface area contributed by atoms with Crippen LogP contribution in [0.3, 0.4) is 0 Å². The molecule has 1 saturated carbocycles. The predicted molar refractivity (Wildman–Crippen MR) is 89.4 cm³/mol. The zero-order valence-electron chi connectivity index (χ0n) is 13.8. The largest absolute Gasteiger partial charge is 0.416 e. The van der Waals surface area contributed by atoms with Crippen molar-refractivity contribution >= 4 is 6.03 Å². The minimum Gasteiger partial charge on any atom is -0.334 e. The van der Waals surface area contributed by atoms with Crippen molar-refractivity contribution in [2.75, 3.05) is 0 Å². The van der Waals surface area contributed by atoms with Gasteiger partial charge in [0.25, 0.3) is 5.56 Å². The third-order valence-electron chi connectivity index (χ3n) is 4.64. The number of H-pyrrole nitrogens is 1. The molecule has 1 fully saturated rings. The average Bonchev–Trinajstić information content (AvgIpc) is 2.57. The molecular formula is C18H18F3N3O2. The molecule has 0 saturated heterocycles. The van der Waals surface area contributed by atoms with Gasteiger partial charge in [-0.2, -0.15) is 13.2 Å². The number of aromatic nitrogens is 1. The summed E-state index contributed by atoms with van der Waals surface area (Å²) in [6, 6.07) is 7.75. The fraction of sp³-hybridized carbons (Fsp3) is 0.333. The van der Waals surface area contributed by atoms with Gasteiger partial charge in [0.15, 0.2) is 0 Å². The molecule has 1 aromatic heterocycles. The van der Waals surface area contributed by atoms with Gasteiger partial charge in [0, 0.05) is 18.3 Å². The molecule has 8 heteroatoms. The first-order chi connectivity index (χ1) is 12.3. The number of amides is 2. The summed E-state index contributed by atoms with van der Waals surface area (Å²) in [5, 5.41) is 5.37. The second-order valence-electron chi connectivity index (χ2n) is 6.35. The molecule has 2 aromatic rings. The molecule has 1 aliphatic rings. The van der Waals surface area contributed by atoms with Crippen molar-refractivity contribution in [3.8, 4) is 0 Å². The van der Waals surface area contributed by atoms with Crippen molar-refractivity contribution < 1.29 is 18.0 Å². The Hall–Kier alpha value is -2.77. The highest BCUT2D eigenvalue weighted by molar-refractivity contribution is 5.75. The summed E-state index contributed by atoms with van der Waals surface area (Å²) in [6.07, 6.45) is -1.00. The molecule has 1 aromatic carbocycles. The third-order valence-corrected chi connectivity index (χ3v) is 4.64. The van der Waals surface area contributed by atoms with Crippen LogP contribution < -0.4 is 16.2 Å². The minimum absolute atomic E-state index is 0.0284. The maximum absolute atomic E-state index is 13.0. The lowest BCUT2D eigenvalue weighted by molar-refractivity contribution is -0.137. The normalized spacial score (nSPS) is 15.8. The van der Waals surface area contributed by atoms with E-state index in [0.29, 0.717) is 24.0 Å². The zero-order valence-corrected chi connectivity index (χ0v) is 13.8. The van der Waals surface area contributed by atoms with E-state index >= 15 is 0 Å². The van der Waals surface area contributed by atoms with Gasteiger partial charge in [-0.1, -0.05) is 18.2 Å². The number of benzene rings is 1. The standard InChI is InChI=1S/C18H18F3N3O2/c19-18(20,21)14-6-1-5-13(10-14)17(7-3-8-17)24-16(26)23-11-12-4-2-9-22-15(12)25/h1-2,4-6,9-10H,3,7-8,11H2,(H,22,25)(H2,23,24,26). The smallest absolute Gasteiger partial charge is 0.334 e. The molecule has 0 aliphatic heterocycles. The first-order valence-electron chi connectivity index (χ1n) is 8.20. The zero-order chi connectivity index (χ0) is 18.8. The molecule has 26 heavy (non-hydrogen) atoms. The summed E-state index contributed by atoms with van der Waals surface area (Å²) >= 11 is 0. The molecule has 1 heterocycles. The van der Waals surface area contributed by atoms with Crippen molar-refractivity contribution in [1.29, 1.82) is 0 Å². The summed E-state index contributed by atoms with van der Waals surface area (Å²) in [5.74, 6) is 0. The van der Waals surface area contributed by atoms with E-state index in [4.69, 9.17) is 0 Å². The molecule has 0 atom stereocenters. The number of urea groups is 1. The van der Waals surface area contributed by atoms with Gasteiger partial charge in [0.05, 0.1) is 11.1 Å². The van der Waals surface area contributed by atoms with Crippen molar-refractivity contribution in [3.05, 3.63) is 69.6 Å². The lowest BCUT2D eigenvalue weighted by Gasteiger charge is -2.43. The Morgan fingerprint density at radius 2 is 1.96 bits per heavy atom. The van der Waals surface area contributed by atoms with Gasteiger partial charge in [-0.05, 0) is 43.0 Å². The van der Waals surface area contributed by atoms with Gasteiger partial charge in [-0.25, -0.2) is 4.79 Å². The Balaban J connectivity index is 1.71. The van der Waals surface area contributed by atoms with Crippen molar-refractivity contribution in [2.24, 2.45) is 0 Å². The van der Waals surface area contributed by atoms with Crippen LogP contribution in [0.4, 0.5) is 18.0 Å². The van der Waals surface area contributed by atoms with Crippen LogP contribution in [0, 0.1) is 0 Å². The number of alkyl halides is 3. The van der Waals surface area contributed by atoms with Crippen LogP contribution in [-0.4, -0.2) is 11.0 Å². The van der Waals surface area contributed by atoms with Crippen LogP contribution in [0.15, 0.2) is 47.4 Å². The molecule has 3 rings (SSSR count). The van der Waals surface area contributed by atoms with Crippen LogP contribution >= 0.6 is 0 Å². The van der Waals surface area contributed by atoms with E-state index in [0.717, 1.165) is 18.6 Å². The van der Waals surface area contributed by atoms with Crippen molar-refractivity contribution in [1.82, 2.24) is 15.6 Å². The number of carbonyl (C=O) groups is 1. The number of rotatable bonds is 4. The number of halogens is 3. The summed E-state index contributed by atoms with van der Waals surface area (Å²) in [7, 11) is 0. The Morgan fingerprint density at radius 1 is 1.19 bits per heavy atom. The molecule has 1 aliphatic carbocycles. The Kier molecular flexibility index (Phi) is 4.76. The Labute approximate surface area is 147 Å². The van der Waals surface area contributed by atoms with Crippen molar-refractivity contribution in [3.63, 3.8) is 0 Å². The van der Waals surface area contributed by atoms with Crippen LogP contribution in [0.2, 0.25) is 0 Å². The highest BCUT2D eigenvalue weighted by Crippen LogP contribution is 2.42. The molecule has 138 valence electrons. The maximum Gasteiger partial charge on any atom is 0.416 e. The van der Waals surface area contributed by atoms with E-state index < -0.39 is 23.3 Å². The highest BCUT2D eigenvalue weighted by Gasteiger charge is 2.41. The lowest BCUT2D eigenvalue weighted by Crippen LogP contribution is -2.54. The second-order valence-corrected chi connectivity index (χ2v) is 6.35. The highest BCUT2D eigenvalue weighted by atomic mass is 19.4. The predicted octanol–water partition coefficient (Wildman–Crippen LogP) is 3.27. The van der Waals surface area contributed by atoms with E-state index in [1.165, 1.54) is 12.3 Å². The monoisotopic (exact) mass is 365 g/mol. The van der Waals surface area contributed by atoms with E-state index in [-0.39, 0.29) is 12.1 Å². The second kappa shape index (κ2) is 6.86. The van der Waals surface area contributed by atoms with Crippen LogP contribution in [0.5, 0.6) is 0 Å². The molecule has 3 N–H and O–H groups in total. The van der Waals surface area contributed by atoms with Crippen LogP contribution in [-0.2, 0) is 18.3 Å². The first kappa shape index (κ1) is 18.0. The van der Waals surface area contributed by atoms with Crippen LogP contribution in [0.25, 0.3) is 0 Å². The summed E-state index contributed by atoms with van der Waals surface area (Å²) in [4.78, 5) is 26.3. The quantitative estimate of drug-likeness (QED) is 0.778. The van der Waals surface area contributed by atoms with Gasteiger partial charge >= 0.3 is 12.2 Å².